The molecule has 0 saturated carbocycles. The fourth-order valence-corrected chi connectivity index (χ4v) is 1.71. The molecule has 116 valence electrons. The summed E-state index contributed by atoms with van der Waals surface area (Å²) in [4.78, 5) is 24.1. The molecule has 0 spiro atoms. The standard InChI is InChI=1S/C14H19ClN2O4/c1-10(2)21-8-7-16-14(20)17(9-13(18)19)12-5-3-11(15)4-6-12/h3-6,10H,7-9H2,1-2H3,(H,16,20)(H,18,19). The Morgan fingerprint density at radius 2 is 1.95 bits per heavy atom. The minimum Gasteiger partial charge on any atom is -0.480 e. The molecule has 0 aliphatic heterocycles. The SMILES string of the molecule is CC(C)OCCNC(=O)N(CC(=O)O)c1ccc(Cl)cc1. The van der Waals surface area contributed by atoms with E-state index in [-0.39, 0.29) is 6.10 Å². The average molecular weight is 315 g/mol. The molecule has 0 aliphatic rings. The zero-order chi connectivity index (χ0) is 15.8. The molecule has 0 aromatic heterocycles. The van der Waals surface area contributed by atoms with Gasteiger partial charge in [-0.15, -0.1) is 0 Å². The van der Waals surface area contributed by atoms with E-state index >= 15 is 0 Å². The van der Waals surface area contributed by atoms with Gasteiger partial charge in [0, 0.05) is 17.3 Å². The zero-order valence-corrected chi connectivity index (χ0v) is 12.8. The Morgan fingerprint density at radius 3 is 2.48 bits per heavy atom. The number of rotatable bonds is 7. The summed E-state index contributed by atoms with van der Waals surface area (Å²) in [5.74, 6) is -1.10. The summed E-state index contributed by atoms with van der Waals surface area (Å²) in [5.41, 5.74) is 0.462. The third kappa shape index (κ3) is 6.46. The summed E-state index contributed by atoms with van der Waals surface area (Å²) >= 11 is 5.78. The lowest BCUT2D eigenvalue weighted by Gasteiger charge is -2.21. The van der Waals surface area contributed by atoms with E-state index in [9.17, 15) is 9.59 Å². The number of ether oxygens (including phenoxy) is 1. The topological polar surface area (TPSA) is 78.9 Å². The van der Waals surface area contributed by atoms with Gasteiger partial charge in [-0.25, -0.2) is 4.79 Å². The number of amides is 2. The number of anilines is 1. The molecule has 0 radical (unpaired) electrons. The summed E-state index contributed by atoms with van der Waals surface area (Å²) in [5, 5.41) is 12.1. The first kappa shape index (κ1) is 17.3. The van der Waals surface area contributed by atoms with Crippen molar-refractivity contribution >= 4 is 29.3 Å². The van der Waals surface area contributed by atoms with Crippen LogP contribution in [0.1, 0.15) is 13.8 Å². The van der Waals surface area contributed by atoms with Crippen LogP contribution in [-0.2, 0) is 9.53 Å². The summed E-state index contributed by atoms with van der Waals surface area (Å²) in [6, 6.07) is 5.89. The highest BCUT2D eigenvalue weighted by atomic mass is 35.5. The lowest BCUT2D eigenvalue weighted by molar-refractivity contribution is -0.135. The molecule has 0 unspecified atom stereocenters. The van der Waals surface area contributed by atoms with E-state index in [1.807, 2.05) is 13.8 Å². The van der Waals surface area contributed by atoms with Crippen LogP contribution in [0, 0.1) is 0 Å². The van der Waals surface area contributed by atoms with Crippen LogP contribution in [0.25, 0.3) is 0 Å². The Bertz CT molecular complexity index is 476. The van der Waals surface area contributed by atoms with Gasteiger partial charge in [-0.2, -0.15) is 0 Å². The number of carbonyl (C=O) groups excluding carboxylic acids is 1. The third-order valence-corrected chi connectivity index (χ3v) is 2.76. The molecule has 7 heteroatoms. The van der Waals surface area contributed by atoms with E-state index in [1.54, 1.807) is 24.3 Å². The molecule has 0 aliphatic carbocycles. The van der Waals surface area contributed by atoms with Crippen molar-refractivity contribution in [3.63, 3.8) is 0 Å². The number of benzene rings is 1. The maximum absolute atomic E-state index is 12.1. The second-order valence-electron chi connectivity index (χ2n) is 4.61. The van der Waals surface area contributed by atoms with Gasteiger partial charge in [-0.05, 0) is 38.1 Å². The monoisotopic (exact) mass is 314 g/mol. The van der Waals surface area contributed by atoms with Crippen molar-refractivity contribution in [2.45, 2.75) is 20.0 Å². The zero-order valence-electron chi connectivity index (χ0n) is 12.0. The highest BCUT2D eigenvalue weighted by molar-refractivity contribution is 6.30. The van der Waals surface area contributed by atoms with Crippen molar-refractivity contribution in [2.75, 3.05) is 24.6 Å². The van der Waals surface area contributed by atoms with Crippen molar-refractivity contribution in [3.05, 3.63) is 29.3 Å². The van der Waals surface area contributed by atoms with Crippen molar-refractivity contribution in [1.82, 2.24) is 5.32 Å². The van der Waals surface area contributed by atoms with Crippen LogP contribution in [0.3, 0.4) is 0 Å². The van der Waals surface area contributed by atoms with Crippen LogP contribution in [0.5, 0.6) is 0 Å². The van der Waals surface area contributed by atoms with Gasteiger partial charge in [0.15, 0.2) is 0 Å². The molecule has 0 heterocycles. The third-order valence-electron chi connectivity index (χ3n) is 2.51. The van der Waals surface area contributed by atoms with Gasteiger partial charge in [0.1, 0.15) is 6.54 Å². The number of hydrogen-bond acceptors (Lipinski definition) is 3. The quantitative estimate of drug-likeness (QED) is 0.757. The lowest BCUT2D eigenvalue weighted by Crippen LogP contribution is -2.44. The largest absolute Gasteiger partial charge is 0.480 e. The van der Waals surface area contributed by atoms with Crippen molar-refractivity contribution in [2.24, 2.45) is 0 Å². The molecule has 1 aromatic carbocycles. The van der Waals surface area contributed by atoms with Gasteiger partial charge < -0.3 is 15.2 Å². The second-order valence-corrected chi connectivity index (χ2v) is 5.04. The predicted octanol–water partition coefficient (Wildman–Crippen LogP) is 2.37. The molecular formula is C14H19ClN2O4. The molecule has 6 nitrogen and oxygen atoms in total. The predicted molar refractivity (Wildman–Crippen MR) is 80.9 cm³/mol. The number of nitrogens with zero attached hydrogens (tertiary/aromatic N) is 1. The summed E-state index contributed by atoms with van der Waals surface area (Å²) in [7, 11) is 0. The van der Waals surface area contributed by atoms with Gasteiger partial charge >= 0.3 is 12.0 Å². The van der Waals surface area contributed by atoms with Crippen LogP contribution >= 0.6 is 11.6 Å². The number of urea groups is 1. The van der Waals surface area contributed by atoms with E-state index < -0.39 is 18.5 Å². The number of carbonyl (C=O) groups is 2. The van der Waals surface area contributed by atoms with Crippen LogP contribution in [0.4, 0.5) is 10.5 Å². The lowest BCUT2D eigenvalue weighted by atomic mass is 10.3. The smallest absolute Gasteiger partial charge is 0.323 e. The van der Waals surface area contributed by atoms with Gasteiger partial charge in [-0.3, -0.25) is 9.69 Å². The first-order valence-corrected chi connectivity index (χ1v) is 6.92. The van der Waals surface area contributed by atoms with Gasteiger partial charge in [-0.1, -0.05) is 11.6 Å². The molecule has 2 amide bonds. The van der Waals surface area contributed by atoms with Crippen LogP contribution in [0.15, 0.2) is 24.3 Å². The molecule has 0 atom stereocenters. The maximum atomic E-state index is 12.1. The molecule has 0 saturated heterocycles. The van der Waals surface area contributed by atoms with Gasteiger partial charge in [0.2, 0.25) is 0 Å². The van der Waals surface area contributed by atoms with Gasteiger partial charge in [0.05, 0.1) is 12.7 Å². The average Bonchev–Trinajstić information content (AvgIpc) is 2.41. The summed E-state index contributed by atoms with van der Waals surface area (Å²) in [6.07, 6.45) is 0.0771. The molecule has 0 fully saturated rings. The van der Waals surface area contributed by atoms with E-state index in [0.717, 1.165) is 4.90 Å². The molecule has 21 heavy (non-hydrogen) atoms. The Morgan fingerprint density at radius 1 is 1.33 bits per heavy atom. The fraction of sp³-hybridized carbons (Fsp3) is 0.429. The van der Waals surface area contributed by atoms with E-state index in [0.29, 0.717) is 23.9 Å². The Balaban J connectivity index is 2.66. The number of nitrogens with one attached hydrogen (secondary N) is 1. The summed E-state index contributed by atoms with van der Waals surface area (Å²) < 4.78 is 5.31. The number of halogens is 1. The van der Waals surface area contributed by atoms with E-state index in [1.165, 1.54) is 0 Å². The fourth-order valence-electron chi connectivity index (χ4n) is 1.58. The molecule has 0 bridgehead atoms. The first-order chi connectivity index (χ1) is 9.90. The van der Waals surface area contributed by atoms with Crippen LogP contribution < -0.4 is 10.2 Å². The normalized spacial score (nSPS) is 10.5. The second kappa shape index (κ2) is 8.49. The van der Waals surface area contributed by atoms with Crippen molar-refractivity contribution < 1.29 is 19.4 Å². The number of hydrogen-bond donors (Lipinski definition) is 2. The van der Waals surface area contributed by atoms with Crippen LogP contribution in [-0.4, -0.2) is 42.9 Å². The molecule has 2 N–H and O–H groups in total. The Hall–Kier alpha value is -1.79. The molecule has 1 rings (SSSR count). The number of carboxylic acids is 1. The first-order valence-electron chi connectivity index (χ1n) is 6.54. The Labute approximate surface area is 128 Å². The number of aliphatic carboxylic acids is 1. The minimum atomic E-state index is -1.10. The minimum absolute atomic E-state index is 0.0771. The Kier molecular flexibility index (Phi) is 6.98. The molecular weight excluding hydrogens is 296 g/mol. The highest BCUT2D eigenvalue weighted by Gasteiger charge is 2.18. The van der Waals surface area contributed by atoms with Crippen molar-refractivity contribution in [3.8, 4) is 0 Å². The van der Waals surface area contributed by atoms with E-state index in [4.69, 9.17) is 21.4 Å². The highest BCUT2D eigenvalue weighted by Crippen LogP contribution is 2.18. The molecule has 1 aromatic rings. The summed E-state index contributed by atoms with van der Waals surface area (Å²) in [6.45, 7) is 4.03. The van der Waals surface area contributed by atoms with Gasteiger partial charge in [0.25, 0.3) is 0 Å². The van der Waals surface area contributed by atoms with Crippen molar-refractivity contribution in [1.29, 1.82) is 0 Å². The van der Waals surface area contributed by atoms with Crippen LogP contribution in [0.2, 0.25) is 5.02 Å². The van der Waals surface area contributed by atoms with E-state index in [2.05, 4.69) is 5.32 Å². The maximum Gasteiger partial charge on any atom is 0.323 e. The number of carboxylic acid groups (broad SMARTS) is 1.